The van der Waals surface area contributed by atoms with Gasteiger partial charge in [-0.1, -0.05) is 44.2 Å². The van der Waals surface area contributed by atoms with Crippen molar-refractivity contribution in [2.45, 2.75) is 44.5 Å². The molecule has 1 aliphatic rings. The first-order valence-electron chi connectivity index (χ1n) is 8.34. The molecule has 3 rings (SSSR count). The number of thioether (sulfide) groups is 1. The van der Waals surface area contributed by atoms with E-state index < -0.39 is 0 Å². The van der Waals surface area contributed by atoms with Crippen LogP contribution >= 0.6 is 23.1 Å². The molecule has 130 valence electrons. The van der Waals surface area contributed by atoms with Crippen LogP contribution in [0.4, 0.5) is 5.13 Å². The van der Waals surface area contributed by atoms with Crippen molar-refractivity contribution >= 4 is 44.4 Å². The van der Waals surface area contributed by atoms with Crippen LogP contribution in [0.15, 0.2) is 24.3 Å². The van der Waals surface area contributed by atoms with E-state index in [0.717, 1.165) is 34.8 Å². The zero-order valence-electron chi connectivity index (χ0n) is 14.4. The van der Waals surface area contributed by atoms with E-state index in [1.54, 1.807) is 23.1 Å². The van der Waals surface area contributed by atoms with Gasteiger partial charge in [-0.05, 0) is 25.0 Å². The van der Waals surface area contributed by atoms with Gasteiger partial charge < -0.3 is 4.74 Å². The molecule has 1 atom stereocenters. The lowest BCUT2D eigenvalue weighted by Gasteiger charge is -2.25. The first-order valence-corrected chi connectivity index (χ1v) is 10.1. The number of rotatable bonds is 5. The summed E-state index contributed by atoms with van der Waals surface area (Å²) in [5.74, 6) is 0.580. The van der Waals surface area contributed by atoms with Gasteiger partial charge in [0.15, 0.2) is 5.13 Å². The third-order valence-electron chi connectivity index (χ3n) is 3.85. The minimum Gasteiger partial charge on any atom is -0.376 e. The molecule has 1 aromatic carbocycles. The number of anilines is 1. The summed E-state index contributed by atoms with van der Waals surface area (Å²) in [5.41, 5.74) is 0.950. The number of benzene rings is 1. The van der Waals surface area contributed by atoms with Crippen LogP contribution < -0.4 is 4.90 Å². The van der Waals surface area contributed by atoms with E-state index in [1.165, 1.54) is 0 Å². The summed E-state index contributed by atoms with van der Waals surface area (Å²) in [5, 5.41) is 0.784. The molecule has 24 heavy (non-hydrogen) atoms. The highest BCUT2D eigenvalue weighted by Gasteiger charge is 2.27. The number of aromatic nitrogens is 1. The van der Waals surface area contributed by atoms with Crippen molar-refractivity contribution in [1.29, 1.82) is 0 Å². The highest BCUT2D eigenvalue weighted by Crippen LogP contribution is 2.31. The highest BCUT2D eigenvalue weighted by molar-refractivity contribution is 8.01. The molecule has 0 radical (unpaired) electrons. The summed E-state index contributed by atoms with van der Waals surface area (Å²) in [7, 11) is 0. The third-order valence-corrected chi connectivity index (χ3v) is 6.17. The Morgan fingerprint density at radius 1 is 1.42 bits per heavy atom. The Hall–Kier alpha value is -1.11. The van der Waals surface area contributed by atoms with Gasteiger partial charge in [0.1, 0.15) is 0 Å². The second kappa shape index (κ2) is 7.42. The molecule has 2 aromatic rings. The molecule has 1 aliphatic heterocycles. The van der Waals surface area contributed by atoms with Crippen molar-refractivity contribution in [2.75, 3.05) is 23.8 Å². The van der Waals surface area contributed by atoms with Crippen molar-refractivity contribution in [2.24, 2.45) is 0 Å². The van der Waals surface area contributed by atoms with Gasteiger partial charge in [0.2, 0.25) is 5.91 Å². The number of ether oxygens (including phenoxy) is 1. The fraction of sp³-hybridized carbons (Fsp3) is 0.556. The van der Waals surface area contributed by atoms with Gasteiger partial charge in [0, 0.05) is 11.4 Å². The van der Waals surface area contributed by atoms with E-state index in [-0.39, 0.29) is 16.8 Å². The standard InChI is InChI=1S/C18H24N2O2S2/c1-18(2,3)23-12-16(21)20(11-13-7-6-10-22-13)17-19-14-8-4-5-9-15(14)24-17/h4-5,8-9,13H,6-7,10-12H2,1-3H3. The Labute approximate surface area is 151 Å². The van der Waals surface area contributed by atoms with Crippen LogP contribution in [0.5, 0.6) is 0 Å². The maximum atomic E-state index is 12.9. The Morgan fingerprint density at radius 2 is 2.21 bits per heavy atom. The van der Waals surface area contributed by atoms with Crippen molar-refractivity contribution in [1.82, 2.24) is 4.98 Å². The van der Waals surface area contributed by atoms with Gasteiger partial charge in [-0.3, -0.25) is 9.69 Å². The van der Waals surface area contributed by atoms with Crippen LogP contribution in [0.2, 0.25) is 0 Å². The molecule has 4 nitrogen and oxygen atoms in total. The van der Waals surface area contributed by atoms with Gasteiger partial charge >= 0.3 is 0 Å². The molecule has 1 saturated heterocycles. The number of thiazole rings is 1. The molecule has 1 unspecified atom stereocenters. The summed E-state index contributed by atoms with van der Waals surface area (Å²) < 4.78 is 6.93. The Bertz CT molecular complexity index is 669. The summed E-state index contributed by atoms with van der Waals surface area (Å²) in [6, 6.07) is 8.03. The van der Waals surface area contributed by atoms with Crippen molar-refractivity contribution in [3.8, 4) is 0 Å². The van der Waals surface area contributed by atoms with Gasteiger partial charge in [0.05, 0.1) is 28.6 Å². The van der Waals surface area contributed by atoms with Crippen LogP contribution in [-0.2, 0) is 9.53 Å². The summed E-state index contributed by atoms with van der Waals surface area (Å²) in [6.45, 7) is 7.79. The van der Waals surface area contributed by atoms with E-state index in [1.807, 2.05) is 23.1 Å². The summed E-state index contributed by atoms with van der Waals surface area (Å²) in [6.07, 6.45) is 2.21. The lowest BCUT2D eigenvalue weighted by molar-refractivity contribution is -0.116. The predicted octanol–water partition coefficient (Wildman–Crippen LogP) is 4.34. The zero-order chi connectivity index (χ0) is 17.2. The fourth-order valence-electron chi connectivity index (χ4n) is 2.61. The van der Waals surface area contributed by atoms with Crippen LogP contribution in [0.25, 0.3) is 10.2 Å². The molecule has 0 aliphatic carbocycles. The first-order chi connectivity index (χ1) is 11.4. The molecule has 0 bridgehead atoms. The van der Waals surface area contributed by atoms with Gasteiger partial charge in [-0.15, -0.1) is 11.8 Å². The lowest BCUT2D eigenvalue weighted by atomic mass is 10.2. The third kappa shape index (κ3) is 4.49. The second-order valence-electron chi connectivity index (χ2n) is 7.00. The van der Waals surface area contributed by atoms with E-state index in [4.69, 9.17) is 4.74 Å². The average Bonchev–Trinajstić information content (AvgIpc) is 3.18. The molecule has 6 heteroatoms. The quantitative estimate of drug-likeness (QED) is 0.791. The largest absolute Gasteiger partial charge is 0.376 e. The van der Waals surface area contributed by atoms with Crippen molar-refractivity contribution in [3.63, 3.8) is 0 Å². The molecule has 1 aromatic heterocycles. The van der Waals surface area contributed by atoms with Gasteiger partial charge in [-0.2, -0.15) is 0 Å². The maximum Gasteiger partial charge on any atom is 0.238 e. The smallest absolute Gasteiger partial charge is 0.238 e. The molecule has 0 saturated carbocycles. The van der Waals surface area contributed by atoms with Crippen LogP contribution in [-0.4, -0.2) is 40.6 Å². The molecule has 1 amide bonds. The number of nitrogens with zero attached hydrogens (tertiary/aromatic N) is 2. The maximum absolute atomic E-state index is 12.9. The number of carbonyl (C=O) groups is 1. The van der Waals surface area contributed by atoms with E-state index in [2.05, 4.69) is 31.8 Å². The number of carbonyl (C=O) groups excluding carboxylic acids is 1. The van der Waals surface area contributed by atoms with Crippen molar-refractivity contribution in [3.05, 3.63) is 24.3 Å². The van der Waals surface area contributed by atoms with Crippen LogP contribution in [0, 0.1) is 0 Å². The van der Waals surface area contributed by atoms with E-state index in [0.29, 0.717) is 12.3 Å². The minimum absolute atomic E-state index is 0.0682. The Kier molecular flexibility index (Phi) is 5.47. The SMILES string of the molecule is CC(C)(C)SCC(=O)N(CC1CCCO1)c1nc2ccccc2s1. The first kappa shape index (κ1) is 17.7. The summed E-state index contributed by atoms with van der Waals surface area (Å²) >= 11 is 3.25. The number of hydrogen-bond acceptors (Lipinski definition) is 5. The molecular formula is C18H24N2O2S2. The molecule has 0 spiro atoms. The normalized spacial score (nSPS) is 18.2. The average molecular weight is 365 g/mol. The van der Waals surface area contributed by atoms with Crippen LogP contribution in [0.1, 0.15) is 33.6 Å². The van der Waals surface area contributed by atoms with E-state index in [9.17, 15) is 4.79 Å². The number of fused-ring (bicyclic) bond motifs is 1. The van der Waals surface area contributed by atoms with Gasteiger partial charge in [-0.25, -0.2) is 4.98 Å². The fourth-order valence-corrected chi connectivity index (χ4v) is 4.31. The van der Waals surface area contributed by atoms with Crippen molar-refractivity contribution < 1.29 is 9.53 Å². The molecule has 0 N–H and O–H groups in total. The summed E-state index contributed by atoms with van der Waals surface area (Å²) in [4.78, 5) is 19.4. The number of para-hydroxylation sites is 1. The zero-order valence-corrected chi connectivity index (χ0v) is 16.1. The predicted molar refractivity (Wildman–Crippen MR) is 103 cm³/mol. The molecular weight excluding hydrogens is 340 g/mol. The lowest BCUT2D eigenvalue weighted by Crippen LogP contribution is -2.39. The number of amides is 1. The minimum atomic E-state index is 0.0682. The Balaban J connectivity index is 1.81. The number of hydrogen-bond donors (Lipinski definition) is 0. The molecule has 1 fully saturated rings. The van der Waals surface area contributed by atoms with E-state index >= 15 is 0 Å². The second-order valence-corrected chi connectivity index (χ2v) is 9.82. The Morgan fingerprint density at radius 3 is 2.88 bits per heavy atom. The monoisotopic (exact) mass is 364 g/mol. The van der Waals surface area contributed by atoms with Gasteiger partial charge in [0.25, 0.3) is 0 Å². The highest BCUT2D eigenvalue weighted by atomic mass is 32.2. The van der Waals surface area contributed by atoms with Crippen LogP contribution in [0.3, 0.4) is 0 Å². The topological polar surface area (TPSA) is 42.4 Å². The molecule has 2 heterocycles.